The summed E-state index contributed by atoms with van der Waals surface area (Å²) in [7, 11) is 0. The van der Waals surface area contributed by atoms with Gasteiger partial charge in [0.1, 0.15) is 11.6 Å². The first-order valence-corrected chi connectivity index (χ1v) is 10.4. The minimum atomic E-state index is -0.213. The Morgan fingerprint density at radius 3 is 2.85 bits per heavy atom. The molecule has 3 N–H and O–H groups in total. The Kier molecular flexibility index (Phi) is 7.21. The van der Waals surface area contributed by atoms with Gasteiger partial charge in [0.05, 0.1) is 12.8 Å². The molecule has 7 heteroatoms. The van der Waals surface area contributed by atoms with Crippen LogP contribution in [0.15, 0.2) is 52.2 Å². The van der Waals surface area contributed by atoms with E-state index in [-0.39, 0.29) is 5.82 Å². The average molecular weight is 389 g/mol. The third-order valence-electron chi connectivity index (χ3n) is 4.23. The van der Waals surface area contributed by atoms with Gasteiger partial charge in [0.2, 0.25) is 0 Å². The Morgan fingerprint density at radius 2 is 2.07 bits per heavy atom. The molecule has 0 amide bonds. The summed E-state index contributed by atoms with van der Waals surface area (Å²) in [4.78, 5) is 7.79. The summed E-state index contributed by atoms with van der Waals surface area (Å²) >= 11 is 1.77. The zero-order valence-electron chi connectivity index (χ0n) is 15.4. The summed E-state index contributed by atoms with van der Waals surface area (Å²) in [5.41, 5.74) is 2.05. The zero-order chi connectivity index (χ0) is 18.9. The van der Waals surface area contributed by atoms with Gasteiger partial charge in [0.15, 0.2) is 5.96 Å². The molecule has 0 bridgehead atoms. The van der Waals surface area contributed by atoms with E-state index in [4.69, 9.17) is 4.42 Å². The number of guanidine groups is 1. The largest absolute Gasteiger partial charge is 0.469 e. The molecule has 0 atom stereocenters. The molecular weight excluding hydrogens is 363 g/mol. The molecule has 2 heterocycles. The summed E-state index contributed by atoms with van der Waals surface area (Å²) in [6, 6.07) is 8.69. The molecule has 0 aliphatic rings. The molecule has 0 radical (unpaired) electrons. The fourth-order valence-electron chi connectivity index (χ4n) is 2.86. The van der Waals surface area contributed by atoms with Crippen LogP contribution in [0, 0.1) is 5.82 Å². The van der Waals surface area contributed by atoms with Crippen molar-refractivity contribution >= 4 is 28.6 Å². The highest BCUT2D eigenvalue weighted by molar-refractivity contribution is 7.98. The lowest BCUT2D eigenvalue weighted by Crippen LogP contribution is -2.39. The van der Waals surface area contributed by atoms with E-state index in [0.29, 0.717) is 0 Å². The van der Waals surface area contributed by atoms with Crippen molar-refractivity contribution in [1.29, 1.82) is 0 Å². The number of aliphatic imine (C=N–C) groups is 1. The molecule has 0 saturated carbocycles. The number of hydrogen-bond donors (Lipinski definition) is 3. The van der Waals surface area contributed by atoms with Gasteiger partial charge < -0.3 is 20.0 Å². The lowest BCUT2D eigenvalue weighted by atomic mass is 10.1. The Morgan fingerprint density at radius 1 is 1.22 bits per heavy atom. The Balaban J connectivity index is 1.53. The molecule has 1 aromatic carbocycles. The van der Waals surface area contributed by atoms with Crippen LogP contribution in [0.2, 0.25) is 0 Å². The number of benzene rings is 1. The van der Waals surface area contributed by atoms with Crippen LogP contribution >= 0.6 is 11.8 Å². The smallest absolute Gasteiger partial charge is 0.191 e. The maximum absolute atomic E-state index is 13.5. The summed E-state index contributed by atoms with van der Waals surface area (Å²) in [6.45, 7) is 2.22. The minimum Gasteiger partial charge on any atom is -0.469 e. The van der Waals surface area contributed by atoms with Crippen molar-refractivity contribution < 1.29 is 8.81 Å². The predicted molar refractivity (Wildman–Crippen MR) is 111 cm³/mol. The molecule has 0 aliphatic carbocycles. The van der Waals surface area contributed by atoms with Gasteiger partial charge in [0.25, 0.3) is 0 Å². The summed E-state index contributed by atoms with van der Waals surface area (Å²) in [5.74, 6) is 2.51. The molecule has 2 aromatic heterocycles. The Bertz CT molecular complexity index is 860. The van der Waals surface area contributed by atoms with Crippen LogP contribution in [0.1, 0.15) is 11.3 Å². The average Bonchev–Trinajstić information content (AvgIpc) is 3.31. The molecule has 0 aliphatic heterocycles. The fourth-order valence-corrected chi connectivity index (χ4v) is 3.13. The number of nitrogens with one attached hydrogen (secondary N) is 3. The number of H-pyrrole nitrogens is 1. The molecule has 5 nitrogen and oxygen atoms in total. The van der Waals surface area contributed by atoms with E-state index in [1.54, 1.807) is 30.2 Å². The van der Waals surface area contributed by atoms with Gasteiger partial charge in [-0.05, 0) is 48.6 Å². The van der Waals surface area contributed by atoms with Gasteiger partial charge >= 0.3 is 0 Å². The number of furan rings is 1. The standard InChI is InChI=1S/C20H25FN4OS/c1-27-12-10-24-20(23-9-7-17-3-2-11-26-17)22-8-6-15-14-25-19-5-4-16(21)13-18(15)19/h2-5,11,13-14,25H,6-10,12H2,1H3,(H2,22,23,24). The van der Waals surface area contributed by atoms with Crippen molar-refractivity contribution in [3.63, 3.8) is 0 Å². The van der Waals surface area contributed by atoms with Crippen molar-refractivity contribution in [2.45, 2.75) is 12.8 Å². The third-order valence-corrected chi connectivity index (χ3v) is 4.82. The van der Waals surface area contributed by atoms with Crippen molar-refractivity contribution in [1.82, 2.24) is 15.6 Å². The maximum Gasteiger partial charge on any atom is 0.191 e. The van der Waals surface area contributed by atoms with Gasteiger partial charge in [-0.1, -0.05) is 0 Å². The van der Waals surface area contributed by atoms with Crippen LogP contribution in [0.25, 0.3) is 10.9 Å². The normalized spacial score (nSPS) is 11.9. The van der Waals surface area contributed by atoms with Crippen LogP contribution in [-0.4, -0.2) is 42.6 Å². The van der Waals surface area contributed by atoms with Gasteiger partial charge in [0, 0.05) is 42.4 Å². The first-order chi connectivity index (χ1) is 13.3. The maximum atomic E-state index is 13.5. The minimum absolute atomic E-state index is 0.213. The quantitative estimate of drug-likeness (QED) is 0.298. The monoisotopic (exact) mass is 388 g/mol. The lowest BCUT2D eigenvalue weighted by Gasteiger charge is -2.12. The highest BCUT2D eigenvalue weighted by Gasteiger charge is 2.06. The SMILES string of the molecule is CSCCN=C(NCCc1ccco1)NCCc1c[nH]c2ccc(F)cc12. The van der Waals surface area contributed by atoms with Gasteiger partial charge in [-0.2, -0.15) is 11.8 Å². The molecule has 0 saturated heterocycles. The number of thioether (sulfide) groups is 1. The lowest BCUT2D eigenvalue weighted by molar-refractivity contribution is 0.507. The topological polar surface area (TPSA) is 65.3 Å². The van der Waals surface area contributed by atoms with Crippen LogP contribution in [0.5, 0.6) is 0 Å². The van der Waals surface area contributed by atoms with E-state index < -0.39 is 0 Å². The second-order valence-corrected chi connectivity index (χ2v) is 7.15. The highest BCUT2D eigenvalue weighted by atomic mass is 32.2. The van der Waals surface area contributed by atoms with E-state index in [9.17, 15) is 4.39 Å². The number of fused-ring (bicyclic) bond motifs is 1. The number of hydrogen-bond acceptors (Lipinski definition) is 3. The van der Waals surface area contributed by atoms with Gasteiger partial charge in [-0.3, -0.25) is 4.99 Å². The Labute approximate surface area is 162 Å². The second kappa shape index (κ2) is 10.1. The molecule has 3 rings (SSSR count). The summed E-state index contributed by atoms with van der Waals surface area (Å²) in [6.07, 6.45) is 7.29. The van der Waals surface area contributed by atoms with E-state index in [1.807, 2.05) is 18.3 Å². The number of rotatable bonds is 9. The molecule has 144 valence electrons. The Hall–Kier alpha value is -2.41. The molecular formula is C20H25FN4OS. The van der Waals surface area contributed by atoms with Crippen LogP contribution in [-0.2, 0) is 12.8 Å². The van der Waals surface area contributed by atoms with Gasteiger partial charge in [-0.15, -0.1) is 0 Å². The molecule has 0 spiro atoms. The first kappa shape index (κ1) is 19.4. The van der Waals surface area contributed by atoms with Gasteiger partial charge in [-0.25, -0.2) is 4.39 Å². The molecule has 27 heavy (non-hydrogen) atoms. The van der Waals surface area contributed by atoms with Crippen molar-refractivity contribution in [2.24, 2.45) is 4.99 Å². The van der Waals surface area contributed by atoms with Crippen molar-refractivity contribution in [3.8, 4) is 0 Å². The molecule has 0 fully saturated rings. The summed E-state index contributed by atoms with van der Waals surface area (Å²) in [5, 5.41) is 7.65. The van der Waals surface area contributed by atoms with E-state index in [0.717, 1.165) is 66.4 Å². The first-order valence-electron chi connectivity index (χ1n) is 9.05. The third kappa shape index (κ3) is 5.79. The number of aromatic amines is 1. The number of nitrogens with zero attached hydrogens (tertiary/aromatic N) is 1. The zero-order valence-corrected chi connectivity index (χ0v) is 16.2. The second-order valence-electron chi connectivity index (χ2n) is 6.16. The predicted octanol–water partition coefficient (Wildman–Crippen LogP) is 3.58. The number of aromatic nitrogens is 1. The van der Waals surface area contributed by atoms with E-state index in [1.165, 1.54) is 6.07 Å². The fraction of sp³-hybridized carbons (Fsp3) is 0.350. The van der Waals surface area contributed by atoms with E-state index in [2.05, 4.69) is 26.9 Å². The van der Waals surface area contributed by atoms with Crippen LogP contribution < -0.4 is 10.6 Å². The molecule has 0 unspecified atom stereocenters. The van der Waals surface area contributed by atoms with Crippen LogP contribution in [0.4, 0.5) is 4.39 Å². The molecule has 3 aromatic rings. The van der Waals surface area contributed by atoms with Crippen LogP contribution in [0.3, 0.4) is 0 Å². The number of halogens is 1. The van der Waals surface area contributed by atoms with E-state index >= 15 is 0 Å². The van der Waals surface area contributed by atoms with Crippen molar-refractivity contribution in [3.05, 3.63) is 59.9 Å². The van der Waals surface area contributed by atoms with Crippen molar-refractivity contribution in [2.75, 3.05) is 31.6 Å². The highest BCUT2D eigenvalue weighted by Crippen LogP contribution is 2.19. The summed E-state index contributed by atoms with van der Waals surface area (Å²) < 4.78 is 18.9.